The average Bonchev–Trinajstić information content (AvgIpc) is 2.24. The molecule has 2 nitrogen and oxygen atoms in total. The minimum atomic E-state index is 0.582. The van der Waals surface area contributed by atoms with Gasteiger partial charge in [-0.2, -0.15) is 0 Å². The molecule has 1 aromatic carbocycles. The highest BCUT2D eigenvalue weighted by Gasteiger charge is 2.09. The van der Waals surface area contributed by atoms with Crippen molar-refractivity contribution in [2.45, 2.75) is 19.3 Å². The molecule has 1 N–H and O–H groups in total. The van der Waals surface area contributed by atoms with Crippen molar-refractivity contribution in [1.82, 2.24) is 5.32 Å². The molecule has 4 heteroatoms. The zero-order chi connectivity index (χ0) is 12.0. The maximum atomic E-state index is 6.05. The number of nitrogens with one attached hydrogen (secondary N) is 1. The monoisotopic (exact) mass is 261 g/mol. The van der Waals surface area contributed by atoms with Crippen molar-refractivity contribution in [3.05, 3.63) is 27.7 Å². The minimum Gasteiger partial charge on any atom is -0.495 e. The lowest BCUT2D eigenvalue weighted by Gasteiger charge is -2.10. The molecule has 0 amide bonds. The van der Waals surface area contributed by atoms with Crippen LogP contribution in [0.4, 0.5) is 0 Å². The Hall–Kier alpha value is -0.440. The molecule has 0 unspecified atom stereocenters. The molecule has 0 spiro atoms. The molecule has 0 aliphatic heterocycles. The summed E-state index contributed by atoms with van der Waals surface area (Å²) in [6, 6.07) is 3.63. The number of unbranched alkanes of at least 4 members (excludes halogenated alkanes) is 1. The Morgan fingerprint density at radius 3 is 2.62 bits per heavy atom. The highest BCUT2D eigenvalue weighted by atomic mass is 35.5. The molecule has 0 heterocycles. The van der Waals surface area contributed by atoms with Gasteiger partial charge in [-0.15, -0.1) is 0 Å². The summed E-state index contributed by atoms with van der Waals surface area (Å²) in [7, 11) is 3.59. The second-order valence-corrected chi connectivity index (χ2v) is 4.48. The predicted molar refractivity (Wildman–Crippen MR) is 69.9 cm³/mol. The maximum absolute atomic E-state index is 6.05. The number of hydrogen-bond donors (Lipinski definition) is 1. The first kappa shape index (κ1) is 13.6. The fraction of sp³-hybridized carbons (Fsp3) is 0.500. The lowest BCUT2D eigenvalue weighted by Crippen LogP contribution is -2.07. The van der Waals surface area contributed by atoms with Crippen LogP contribution in [0.3, 0.4) is 0 Å². The summed E-state index contributed by atoms with van der Waals surface area (Å²) < 4.78 is 5.28. The van der Waals surface area contributed by atoms with Crippen LogP contribution in [-0.2, 0) is 6.42 Å². The predicted octanol–water partition coefficient (Wildman–Crippen LogP) is 3.54. The van der Waals surface area contributed by atoms with Gasteiger partial charge >= 0.3 is 0 Å². The number of methoxy groups -OCH3 is 1. The summed E-state index contributed by atoms with van der Waals surface area (Å²) in [5.41, 5.74) is 1.08. The van der Waals surface area contributed by atoms with E-state index in [4.69, 9.17) is 27.9 Å². The molecule has 0 aliphatic rings. The zero-order valence-electron chi connectivity index (χ0n) is 9.65. The molecular formula is C12H17Cl2NO. The smallest absolute Gasteiger partial charge is 0.140 e. The SMILES string of the molecule is CNCCCCc1cc(Cl)cc(Cl)c1OC. The molecule has 1 aromatic rings. The van der Waals surface area contributed by atoms with Gasteiger partial charge in [0.2, 0.25) is 0 Å². The van der Waals surface area contributed by atoms with E-state index in [0.717, 1.165) is 37.1 Å². The van der Waals surface area contributed by atoms with E-state index in [0.29, 0.717) is 10.0 Å². The summed E-state index contributed by atoms with van der Waals surface area (Å²) in [6.45, 7) is 1.02. The van der Waals surface area contributed by atoms with Gasteiger partial charge in [-0.05, 0) is 50.6 Å². The van der Waals surface area contributed by atoms with Crippen LogP contribution < -0.4 is 10.1 Å². The van der Waals surface area contributed by atoms with E-state index in [9.17, 15) is 0 Å². The van der Waals surface area contributed by atoms with Crippen LogP contribution in [0.15, 0.2) is 12.1 Å². The van der Waals surface area contributed by atoms with Crippen LogP contribution in [0.5, 0.6) is 5.75 Å². The lowest BCUT2D eigenvalue weighted by molar-refractivity contribution is 0.409. The highest BCUT2D eigenvalue weighted by Crippen LogP contribution is 2.32. The summed E-state index contributed by atoms with van der Waals surface area (Å²) >= 11 is 12.0. The van der Waals surface area contributed by atoms with E-state index in [-0.39, 0.29) is 0 Å². The van der Waals surface area contributed by atoms with Gasteiger partial charge < -0.3 is 10.1 Å². The third-order valence-corrected chi connectivity index (χ3v) is 2.91. The average molecular weight is 262 g/mol. The van der Waals surface area contributed by atoms with E-state index >= 15 is 0 Å². The van der Waals surface area contributed by atoms with Crippen LogP contribution in [0, 0.1) is 0 Å². The first-order chi connectivity index (χ1) is 7.69. The van der Waals surface area contributed by atoms with Crippen molar-refractivity contribution in [2.24, 2.45) is 0 Å². The zero-order valence-corrected chi connectivity index (χ0v) is 11.2. The van der Waals surface area contributed by atoms with Crippen LogP contribution in [0.1, 0.15) is 18.4 Å². The Labute approximate surface area is 107 Å². The van der Waals surface area contributed by atoms with Gasteiger partial charge in [0.05, 0.1) is 12.1 Å². The summed E-state index contributed by atoms with van der Waals surface area (Å²) in [5.74, 6) is 0.746. The first-order valence-electron chi connectivity index (χ1n) is 5.35. The van der Waals surface area contributed by atoms with Crippen LogP contribution in [0.25, 0.3) is 0 Å². The third-order valence-electron chi connectivity index (χ3n) is 2.41. The largest absolute Gasteiger partial charge is 0.495 e. The van der Waals surface area contributed by atoms with E-state index in [1.54, 1.807) is 13.2 Å². The van der Waals surface area contributed by atoms with Crippen molar-refractivity contribution >= 4 is 23.2 Å². The van der Waals surface area contributed by atoms with Gasteiger partial charge in [-0.25, -0.2) is 0 Å². The molecular weight excluding hydrogens is 245 g/mol. The summed E-state index contributed by atoms with van der Waals surface area (Å²) in [6.07, 6.45) is 3.16. The normalized spacial score (nSPS) is 10.5. The highest BCUT2D eigenvalue weighted by molar-refractivity contribution is 6.35. The maximum Gasteiger partial charge on any atom is 0.140 e. The van der Waals surface area contributed by atoms with Crippen molar-refractivity contribution in [3.63, 3.8) is 0 Å². The Morgan fingerprint density at radius 1 is 1.25 bits per heavy atom. The fourth-order valence-electron chi connectivity index (χ4n) is 1.65. The van der Waals surface area contributed by atoms with Crippen molar-refractivity contribution in [2.75, 3.05) is 20.7 Å². The number of aryl methyl sites for hydroxylation is 1. The second-order valence-electron chi connectivity index (χ2n) is 3.64. The number of hydrogen-bond acceptors (Lipinski definition) is 2. The van der Waals surface area contributed by atoms with Crippen molar-refractivity contribution in [3.8, 4) is 5.75 Å². The van der Waals surface area contributed by atoms with Gasteiger partial charge in [0.1, 0.15) is 5.75 Å². The second kappa shape index (κ2) is 7.00. The number of benzene rings is 1. The lowest BCUT2D eigenvalue weighted by atomic mass is 10.1. The topological polar surface area (TPSA) is 21.3 Å². The first-order valence-corrected chi connectivity index (χ1v) is 6.11. The molecule has 0 atom stereocenters. The molecule has 0 aromatic heterocycles. The van der Waals surface area contributed by atoms with Gasteiger partial charge in [0.15, 0.2) is 0 Å². The molecule has 90 valence electrons. The minimum absolute atomic E-state index is 0.582. The summed E-state index contributed by atoms with van der Waals surface area (Å²) in [4.78, 5) is 0. The molecule has 16 heavy (non-hydrogen) atoms. The van der Waals surface area contributed by atoms with Gasteiger partial charge in [0.25, 0.3) is 0 Å². The van der Waals surface area contributed by atoms with E-state index in [2.05, 4.69) is 5.32 Å². The summed E-state index contributed by atoms with van der Waals surface area (Å²) in [5, 5.41) is 4.37. The Bertz CT molecular complexity index is 342. The fourth-order valence-corrected chi connectivity index (χ4v) is 2.26. The molecule has 0 saturated carbocycles. The standard InChI is InChI=1S/C12H17Cl2NO/c1-15-6-4-3-5-9-7-10(13)8-11(14)12(9)16-2/h7-8,15H,3-6H2,1-2H3. The third kappa shape index (κ3) is 3.85. The van der Waals surface area contributed by atoms with Crippen LogP contribution in [-0.4, -0.2) is 20.7 Å². The van der Waals surface area contributed by atoms with Crippen LogP contribution in [0.2, 0.25) is 10.0 Å². The Morgan fingerprint density at radius 2 is 2.00 bits per heavy atom. The molecule has 0 fully saturated rings. The Balaban J connectivity index is 2.69. The number of ether oxygens (including phenoxy) is 1. The van der Waals surface area contributed by atoms with Gasteiger partial charge in [-0.1, -0.05) is 23.2 Å². The molecule has 0 saturated heterocycles. The molecule has 0 aliphatic carbocycles. The van der Waals surface area contributed by atoms with Gasteiger partial charge in [-0.3, -0.25) is 0 Å². The van der Waals surface area contributed by atoms with E-state index < -0.39 is 0 Å². The van der Waals surface area contributed by atoms with Crippen LogP contribution >= 0.6 is 23.2 Å². The Kier molecular flexibility index (Phi) is 5.96. The van der Waals surface area contributed by atoms with Gasteiger partial charge in [0, 0.05) is 5.02 Å². The van der Waals surface area contributed by atoms with Crippen molar-refractivity contribution < 1.29 is 4.74 Å². The number of rotatable bonds is 6. The van der Waals surface area contributed by atoms with Crippen molar-refractivity contribution in [1.29, 1.82) is 0 Å². The number of halogens is 2. The molecule has 1 rings (SSSR count). The van der Waals surface area contributed by atoms with E-state index in [1.165, 1.54) is 0 Å². The molecule has 0 bridgehead atoms. The van der Waals surface area contributed by atoms with E-state index in [1.807, 2.05) is 13.1 Å². The molecule has 0 radical (unpaired) electrons. The quantitative estimate of drug-likeness (QED) is 0.792.